The van der Waals surface area contributed by atoms with Crippen molar-refractivity contribution in [3.05, 3.63) is 45.5 Å². The lowest BCUT2D eigenvalue weighted by Gasteiger charge is -2.01. The van der Waals surface area contributed by atoms with E-state index in [2.05, 4.69) is 4.74 Å². The van der Waals surface area contributed by atoms with Crippen molar-refractivity contribution in [1.29, 1.82) is 5.26 Å². The van der Waals surface area contributed by atoms with Crippen LogP contribution in [0.25, 0.3) is 6.08 Å². The molecule has 6 heteroatoms. The van der Waals surface area contributed by atoms with E-state index in [4.69, 9.17) is 5.26 Å². The van der Waals surface area contributed by atoms with Gasteiger partial charge in [-0.1, -0.05) is 0 Å². The van der Waals surface area contributed by atoms with E-state index in [0.717, 1.165) is 12.1 Å². The van der Waals surface area contributed by atoms with E-state index in [0.29, 0.717) is 0 Å². The van der Waals surface area contributed by atoms with Gasteiger partial charge in [0.1, 0.15) is 0 Å². The summed E-state index contributed by atoms with van der Waals surface area (Å²) in [5, 5.41) is 19.1. The molecule has 86 valence electrons. The molecular formula is C11H8N2O4. The van der Waals surface area contributed by atoms with Gasteiger partial charge in [-0.2, -0.15) is 5.26 Å². The van der Waals surface area contributed by atoms with Gasteiger partial charge in [0.25, 0.3) is 5.69 Å². The van der Waals surface area contributed by atoms with Crippen LogP contribution in [0.2, 0.25) is 0 Å². The van der Waals surface area contributed by atoms with Crippen LogP contribution in [0.4, 0.5) is 5.69 Å². The number of hydrogen-bond donors (Lipinski definition) is 0. The van der Waals surface area contributed by atoms with Crippen LogP contribution in [0.1, 0.15) is 15.9 Å². The number of nitriles is 1. The topological polar surface area (TPSA) is 93.2 Å². The van der Waals surface area contributed by atoms with E-state index in [-0.39, 0.29) is 16.8 Å². The Morgan fingerprint density at radius 3 is 2.82 bits per heavy atom. The number of allylic oxidation sites excluding steroid dienone is 1. The van der Waals surface area contributed by atoms with E-state index in [1.165, 1.54) is 25.3 Å². The van der Waals surface area contributed by atoms with Crippen molar-refractivity contribution in [2.24, 2.45) is 0 Å². The number of nitrogens with zero attached hydrogens (tertiary/aromatic N) is 2. The molecule has 0 fully saturated rings. The number of esters is 1. The molecule has 0 N–H and O–H groups in total. The number of carbonyl (C=O) groups is 1. The predicted octanol–water partition coefficient (Wildman–Crippen LogP) is 1.92. The van der Waals surface area contributed by atoms with Crippen molar-refractivity contribution < 1.29 is 14.5 Å². The summed E-state index contributed by atoms with van der Waals surface area (Å²) in [4.78, 5) is 21.4. The molecule has 0 aliphatic heterocycles. The molecule has 6 nitrogen and oxygen atoms in total. The normalized spacial score (nSPS) is 9.88. The van der Waals surface area contributed by atoms with Crippen molar-refractivity contribution in [3.8, 4) is 6.07 Å². The molecule has 0 spiro atoms. The average molecular weight is 232 g/mol. The summed E-state index contributed by atoms with van der Waals surface area (Å²) in [6, 6.07) is 5.64. The fourth-order valence-electron chi connectivity index (χ4n) is 1.21. The van der Waals surface area contributed by atoms with E-state index in [1.807, 2.05) is 0 Å². The summed E-state index contributed by atoms with van der Waals surface area (Å²) in [5.74, 6) is -0.649. The molecule has 0 bridgehead atoms. The molecule has 0 saturated heterocycles. The highest BCUT2D eigenvalue weighted by Crippen LogP contribution is 2.22. The van der Waals surface area contributed by atoms with Crippen LogP contribution in [0.3, 0.4) is 0 Å². The molecule has 17 heavy (non-hydrogen) atoms. The third-order valence-electron chi connectivity index (χ3n) is 1.99. The van der Waals surface area contributed by atoms with Crippen LogP contribution in [-0.4, -0.2) is 18.0 Å². The number of carbonyl (C=O) groups excluding carboxylic acids is 1. The molecule has 0 heterocycles. The van der Waals surface area contributed by atoms with E-state index < -0.39 is 10.9 Å². The maximum atomic E-state index is 11.2. The summed E-state index contributed by atoms with van der Waals surface area (Å²) in [5.41, 5.74) is 0.0944. The Morgan fingerprint density at radius 2 is 2.29 bits per heavy atom. The van der Waals surface area contributed by atoms with Crippen LogP contribution in [0.15, 0.2) is 24.3 Å². The van der Waals surface area contributed by atoms with Crippen LogP contribution in [-0.2, 0) is 4.74 Å². The molecule has 0 unspecified atom stereocenters. The molecule has 0 radical (unpaired) electrons. The summed E-state index contributed by atoms with van der Waals surface area (Å²) >= 11 is 0. The summed E-state index contributed by atoms with van der Waals surface area (Å²) < 4.78 is 4.46. The van der Waals surface area contributed by atoms with E-state index in [1.54, 1.807) is 6.07 Å². The molecule has 1 aromatic carbocycles. The highest BCUT2D eigenvalue weighted by molar-refractivity contribution is 5.90. The number of methoxy groups -OCH3 is 1. The second kappa shape index (κ2) is 5.42. The first kappa shape index (κ1) is 12.4. The van der Waals surface area contributed by atoms with Gasteiger partial charge < -0.3 is 4.74 Å². The van der Waals surface area contributed by atoms with Crippen LogP contribution < -0.4 is 0 Å². The maximum Gasteiger partial charge on any atom is 0.338 e. The zero-order valence-electron chi connectivity index (χ0n) is 8.91. The summed E-state index contributed by atoms with van der Waals surface area (Å²) in [6.45, 7) is 0. The Morgan fingerprint density at radius 1 is 1.59 bits per heavy atom. The average Bonchev–Trinajstić information content (AvgIpc) is 2.35. The second-order valence-electron chi connectivity index (χ2n) is 2.98. The highest BCUT2D eigenvalue weighted by atomic mass is 16.6. The third kappa shape index (κ3) is 2.89. The van der Waals surface area contributed by atoms with Crippen molar-refractivity contribution in [2.75, 3.05) is 7.11 Å². The minimum Gasteiger partial charge on any atom is -0.465 e. The molecule has 1 aromatic rings. The Hall–Kier alpha value is -2.68. The molecule has 0 atom stereocenters. The Kier molecular flexibility index (Phi) is 3.95. The summed E-state index contributed by atoms with van der Waals surface area (Å²) in [7, 11) is 1.19. The van der Waals surface area contributed by atoms with Gasteiger partial charge in [-0.05, 0) is 18.2 Å². The van der Waals surface area contributed by atoms with Crippen LogP contribution >= 0.6 is 0 Å². The van der Waals surface area contributed by atoms with Crippen molar-refractivity contribution in [3.63, 3.8) is 0 Å². The lowest BCUT2D eigenvalue weighted by Crippen LogP contribution is -2.02. The lowest BCUT2D eigenvalue weighted by atomic mass is 10.1. The van der Waals surface area contributed by atoms with E-state index >= 15 is 0 Å². The molecular weight excluding hydrogens is 224 g/mol. The molecule has 1 rings (SSSR count). The first-order chi connectivity index (χ1) is 8.10. The zero-order chi connectivity index (χ0) is 12.8. The number of benzene rings is 1. The quantitative estimate of drug-likeness (QED) is 0.343. The van der Waals surface area contributed by atoms with Gasteiger partial charge in [-0.15, -0.1) is 0 Å². The minimum atomic E-state index is -0.649. The molecule has 0 amide bonds. The summed E-state index contributed by atoms with van der Waals surface area (Å²) in [6.07, 6.45) is 2.43. The van der Waals surface area contributed by atoms with Gasteiger partial charge in [-0.25, -0.2) is 4.79 Å². The number of hydrogen-bond acceptors (Lipinski definition) is 5. The third-order valence-corrected chi connectivity index (χ3v) is 1.99. The number of nitro benzene ring substituents is 1. The van der Waals surface area contributed by atoms with Gasteiger partial charge >= 0.3 is 5.97 Å². The molecule has 0 saturated carbocycles. The second-order valence-corrected chi connectivity index (χ2v) is 2.98. The standard InChI is InChI=1S/C11H8N2O4/c1-17-11(14)9-5-4-8(3-2-6-12)10(7-9)13(15)16/h2-5,7H,1H3. The van der Waals surface area contributed by atoms with Crippen LogP contribution in [0.5, 0.6) is 0 Å². The Labute approximate surface area is 96.9 Å². The monoisotopic (exact) mass is 232 g/mol. The SMILES string of the molecule is COC(=O)c1ccc(C=CC#N)c([N+](=O)[O-])c1. The van der Waals surface area contributed by atoms with Crippen molar-refractivity contribution in [2.45, 2.75) is 0 Å². The van der Waals surface area contributed by atoms with Gasteiger partial charge in [0, 0.05) is 12.1 Å². The smallest absolute Gasteiger partial charge is 0.338 e. The van der Waals surface area contributed by atoms with Gasteiger partial charge in [-0.3, -0.25) is 10.1 Å². The largest absolute Gasteiger partial charge is 0.465 e. The van der Waals surface area contributed by atoms with Crippen molar-refractivity contribution in [1.82, 2.24) is 0 Å². The fourth-order valence-corrected chi connectivity index (χ4v) is 1.21. The lowest BCUT2D eigenvalue weighted by molar-refractivity contribution is -0.385. The number of rotatable bonds is 3. The highest BCUT2D eigenvalue weighted by Gasteiger charge is 2.16. The van der Waals surface area contributed by atoms with Gasteiger partial charge in [0.05, 0.1) is 29.2 Å². The first-order valence-electron chi connectivity index (χ1n) is 4.53. The minimum absolute atomic E-state index is 0.0910. The molecule has 0 aliphatic carbocycles. The van der Waals surface area contributed by atoms with Crippen molar-refractivity contribution >= 4 is 17.7 Å². The van der Waals surface area contributed by atoms with Gasteiger partial charge in [0.15, 0.2) is 0 Å². The number of ether oxygens (including phenoxy) is 1. The maximum absolute atomic E-state index is 11.2. The Bertz CT molecular complexity index is 529. The molecule has 0 aromatic heterocycles. The van der Waals surface area contributed by atoms with Crippen LogP contribution in [0, 0.1) is 21.4 Å². The van der Waals surface area contributed by atoms with Gasteiger partial charge in [0.2, 0.25) is 0 Å². The predicted molar refractivity (Wildman–Crippen MR) is 59.1 cm³/mol. The molecule has 0 aliphatic rings. The zero-order valence-corrected chi connectivity index (χ0v) is 8.91. The Balaban J connectivity index is 3.27. The fraction of sp³-hybridized carbons (Fsp3) is 0.0909. The first-order valence-corrected chi connectivity index (χ1v) is 4.53. The van der Waals surface area contributed by atoms with E-state index in [9.17, 15) is 14.9 Å². The number of nitro groups is 1.